The molecule has 0 bridgehead atoms. The molecule has 1 aliphatic heterocycles. The molecule has 3 aromatic rings. The van der Waals surface area contributed by atoms with Crippen LogP contribution in [0, 0.1) is 0 Å². The number of amides is 1. The van der Waals surface area contributed by atoms with Crippen molar-refractivity contribution in [2.24, 2.45) is 0 Å². The van der Waals surface area contributed by atoms with E-state index in [0.29, 0.717) is 23.8 Å². The summed E-state index contributed by atoms with van der Waals surface area (Å²) in [5.74, 6) is 0.635. The number of nitrogens with one attached hydrogen (secondary N) is 1. The number of benzene rings is 2. The number of nitrogens with zero attached hydrogens (tertiary/aromatic N) is 3. The van der Waals surface area contributed by atoms with Gasteiger partial charge < -0.3 is 10.1 Å². The van der Waals surface area contributed by atoms with Gasteiger partial charge in [-0.2, -0.15) is 5.10 Å². The highest BCUT2D eigenvalue weighted by Gasteiger charge is 2.25. The van der Waals surface area contributed by atoms with Crippen LogP contribution < -0.4 is 10.1 Å². The minimum absolute atomic E-state index is 0.0991. The van der Waals surface area contributed by atoms with E-state index in [2.05, 4.69) is 17.1 Å². The van der Waals surface area contributed by atoms with E-state index in [4.69, 9.17) is 9.84 Å². The van der Waals surface area contributed by atoms with Crippen LogP contribution in [0.25, 0.3) is 16.9 Å². The Hall–Kier alpha value is -3.12. The lowest BCUT2D eigenvalue weighted by atomic mass is 10.1. The molecule has 30 heavy (non-hydrogen) atoms. The molecule has 1 fully saturated rings. The molecule has 1 aromatic heterocycles. The number of likely N-dealkylation sites (N-methyl/N-ethyl adjacent to an activating group) is 1. The number of carbonyl (C=O) groups is 1. The summed E-state index contributed by atoms with van der Waals surface area (Å²) in [4.78, 5) is 15.6. The number of ether oxygens (including phenoxy) is 1. The number of methoxy groups -OCH3 is 1. The van der Waals surface area contributed by atoms with Crippen molar-refractivity contribution in [2.75, 3.05) is 26.7 Å². The Morgan fingerprint density at radius 3 is 2.80 bits per heavy atom. The monoisotopic (exact) mass is 404 g/mol. The predicted molar refractivity (Wildman–Crippen MR) is 118 cm³/mol. The second-order valence-electron chi connectivity index (χ2n) is 7.54. The average Bonchev–Trinajstić information content (AvgIpc) is 3.45. The number of hydrogen-bond donors (Lipinski definition) is 1. The van der Waals surface area contributed by atoms with Gasteiger partial charge in [0.25, 0.3) is 5.91 Å². The molecule has 0 radical (unpaired) electrons. The quantitative estimate of drug-likeness (QED) is 0.651. The second-order valence-corrected chi connectivity index (χ2v) is 7.54. The lowest BCUT2D eigenvalue weighted by Crippen LogP contribution is -2.40. The van der Waals surface area contributed by atoms with Crippen molar-refractivity contribution in [3.63, 3.8) is 0 Å². The van der Waals surface area contributed by atoms with Gasteiger partial charge in [0.2, 0.25) is 0 Å². The Morgan fingerprint density at radius 1 is 1.20 bits per heavy atom. The molecule has 2 heterocycles. The topological polar surface area (TPSA) is 59.4 Å². The highest BCUT2D eigenvalue weighted by molar-refractivity contribution is 6.00. The van der Waals surface area contributed by atoms with Gasteiger partial charge in [0.1, 0.15) is 11.4 Å². The maximum atomic E-state index is 13.2. The number of likely N-dealkylation sites (tertiary alicyclic amines) is 1. The van der Waals surface area contributed by atoms with Crippen LogP contribution in [0.4, 0.5) is 0 Å². The number of carbonyl (C=O) groups excluding carboxylic acids is 1. The smallest absolute Gasteiger partial charge is 0.255 e. The Bertz CT molecular complexity index is 999. The highest BCUT2D eigenvalue weighted by atomic mass is 16.5. The molecular weight excluding hydrogens is 376 g/mol. The van der Waals surface area contributed by atoms with Crippen LogP contribution in [-0.4, -0.2) is 53.4 Å². The first-order valence-corrected chi connectivity index (χ1v) is 10.5. The van der Waals surface area contributed by atoms with Gasteiger partial charge in [-0.15, -0.1) is 0 Å². The van der Waals surface area contributed by atoms with E-state index < -0.39 is 0 Å². The van der Waals surface area contributed by atoms with Crippen molar-refractivity contribution in [1.29, 1.82) is 0 Å². The van der Waals surface area contributed by atoms with Gasteiger partial charge >= 0.3 is 0 Å². The zero-order chi connectivity index (χ0) is 20.9. The van der Waals surface area contributed by atoms with Crippen molar-refractivity contribution >= 4 is 5.91 Å². The van der Waals surface area contributed by atoms with E-state index in [-0.39, 0.29) is 5.91 Å². The Morgan fingerprint density at radius 2 is 2.03 bits per heavy atom. The van der Waals surface area contributed by atoms with Crippen molar-refractivity contribution in [3.8, 4) is 22.7 Å². The molecule has 1 atom stereocenters. The first kappa shape index (κ1) is 20.2. The van der Waals surface area contributed by atoms with Crippen LogP contribution in [0.1, 0.15) is 30.1 Å². The fourth-order valence-corrected chi connectivity index (χ4v) is 4.09. The summed E-state index contributed by atoms with van der Waals surface area (Å²) in [7, 11) is 1.64. The minimum atomic E-state index is -0.0991. The summed E-state index contributed by atoms with van der Waals surface area (Å²) in [6.45, 7) is 4.95. The number of aromatic nitrogens is 2. The van der Waals surface area contributed by atoms with E-state index in [1.807, 2.05) is 60.8 Å². The van der Waals surface area contributed by atoms with E-state index in [9.17, 15) is 4.79 Å². The van der Waals surface area contributed by atoms with Crippen LogP contribution in [-0.2, 0) is 0 Å². The lowest BCUT2D eigenvalue weighted by molar-refractivity contribution is 0.0942. The van der Waals surface area contributed by atoms with Crippen LogP contribution in [0.15, 0.2) is 60.8 Å². The van der Waals surface area contributed by atoms with Gasteiger partial charge in [-0.3, -0.25) is 9.69 Å². The van der Waals surface area contributed by atoms with Crippen LogP contribution in [0.3, 0.4) is 0 Å². The molecule has 4 rings (SSSR count). The summed E-state index contributed by atoms with van der Waals surface area (Å²) in [5.41, 5.74) is 2.97. The average molecular weight is 405 g/mol. The molecule has 6 nitrogen and oxygen atoms in total. The fraction of sp³-hybridized carbons (Fsp3) is 0.333. The molecule has 0 saturated carbocycles. The first-order chi connectivity index (χ1) is 14.7. The molecule has 0 aliphatic carbocycles. The Kier molecular flexibility index (Phi) is 6.14. The molecule has 1 unspecified atom stereocenters. The van der Waals surface area contributed by atoms with Gasteiger partial charge in [0, 0.05) is 24.3 Å². The molecule has 1 saturated heterocycles. The van der Waals surface area contributed by atoms with Crippen LogP contribution in [0.2, 0.25) is 0 Å². The Balaban J connectivity index is 1.64. The predicted octanol–water partition coefficient (Wildman–Crippen LogP) is 3.76. The standard InChI is InChI=1S/C24H28N4O2/c1-3-27-14-8-12-20(27)16-25-24(29)22-17-28(19-10-5-4-6-11-19)26-23(22)18-9-7-13-21(15-18)30-2/h4-7,9-11,13,15,17,20H,3,8,12,14,16H2,1-2H3,(H,25,29). The maximum Gasteiger partial charge on any atom is 0.255 e. The molecular formula is C24H28N4O2. The van der Waals surface area contributed by atoms with Crippen LogP contribution >= 0.6 is 0 Å². The normalized spacial score (nSPS) is 16.5. The van der Waals surface area contributed by atoms with Crippen molar-refractivity contribution in [2.45, 2.75) is 25.8 Å². The third-order valence-electron chi connectivity index (χ3n) is 5.73. The summed E-state index contributed by atoms with van der Waals surface area (Å²) in [5, 5.41) is 7.89. The summed E-state index contributed by atoms with van der Waals surface area (Å²) in [6, 6.07) is 17.9. The minimum Gasteiger partial charge on any atom is -0.497 e. The number of para-hydroxylation sites is 1. The summed E-state index contributed by atoms with van der Waals surface area (Å²) < 4.78 is 7.13. The molecule has 1 aliphatic rings. The van der Waals surface area contributed by atoms with Crippen molar-refractivity contribution in [1.82, 2.24) is 20.0 Å². The van der Waals surface area contributed by atoms with Crippen molar-refractivity contribution < 1.29 is 9.53 Å². The molecule has 6 heteroatoms. The van der Waals surface area contributed by atoms with Gasteiger partial charge in [0.05, 0.1) is 18.4 Å². The Labute approximate surface area is 177 Å². The van der Waals surface area contributed by atoms with Gasteiger partial charge in [-0.1, -0.05) is 37.3 Å². The van der Waals surface area contributed by atoms with E-state index in [0.717, 1.165) is 36.5 Å². The van der Waals surface area contributed by atoms with Crippen LogP contribution in [0.5, 0.6) is 5.75 Å². The molecule has 1 N–H and O–H groups in total. The highest BCUT2D eigenvalue weighted by Crippen LogP contribution is 2.27. The number of hydrogen-bond acceptors (Lipinski definition) is 4. The molecule has 1 amide bonds. The fourth-order valence-electron chi connectivity index (χ4n) is 4.09. The third-order valence-corrected chi connectivity index (χ3v) is 5.73. The third kappa shape index (κ3) is 4.24. The summed E-state index contributed by atoms with van der Waals surface area (Å²) >= 11 is 0. The summed E-state index contributed by atoms with van der Waals surface area (Å²) in [6.07, 6.45) is 4.13. The second kappa shape index (κ2) is 9.13. The van der Waals surface area contributed by atoms with E-state index >= 15 is 0 Å². The SMILES string of the molecule is CCN1CCCC1CNC(=O)c1cn(-c2ccccc2)nc1-c1cccc(OC)c1. The van der Waals surface area contributed by atoms with Crippen molar-refractivity contribution in [3.05, 3.63) is 66.4 Å². The largest absolute Gasteiger partial charge is 0.497 e. The van der Waals surface area contributed by atoms with Gasteiger partial charge in [0.15, 0.2) is 0 Å². The zero-order valence-corrected chi connectivity index (χ0v) is 17.5. The van der Waals surface area contributed by atoms with Gasteiger partial charge in [-0.05, 0) is 50.2 Å². The molecule has 0 spiro atoms. The zero-order valence-electron chi connectivity index (χ0n) is 17.5. The number of rotatable bonds is 7. The maximum absolute atomic E-state index is 13.2. The first-order valence-electron chi connectivity index (χ1n) is 10.5. The lowest BCUT2D eigenvalue weighted by Gasteiger charge is -2.22. The molecule has 156 valence electrons. The van der Waals surface area contributed by atoms with Gasteiger partial charge in [-0.25, -0.2) is 4.68 Å². The molecule has 2 aromatic carbocycles. The van der Waals surface area contributed by atoms with E-state index in [1.165, 1.54) is 6.42 Å². The van der Waals surface area contributed by atoms with E-state index in [1.54, 1.807) is 11.8 Å².